The molecule has 6 nitrogen and oxygen atoms in total. The van der Waals surface area contributed by atoms with Crippen LogP contribution in [0.1, 0.15) is 13.8 Å². The van der Waals surface area contributed by atoms with E-state index in [1.165, 1.54) is 45.2 Å². The molecule has 0 aromatic heterocycles. The number of carbonyl (C=O) groups is 1. The van der Waals surface area contributed by atoms with Gasteiger partial charge in [-0.15, -0.1) is 0 Å². The zero-order valence-electron chi connectivity index (χ0n) is 12.8. The van der Waals surface area contributed by atoms with Crippen molar-refractivity contribution in [2.45, 2.75) is 19.8 Å². The Morgan fingerprint density at radius 3 is 2.48 bits per heavy atom. The third-order valence-electron chi connectivity index (χ3n) is 3.94. The molecule has 1 aliphatic carbocycles. The topological polar surface area (TPSA) is 81.7 Å². The molecule has 1 atom stereocenters. The smallest absolute Gasteiger partial charge is 0.411 e. The summed E-state index contributed by atoms with van der Waals surface area (Å²) in [6.07, 6.45) is -0.732. The Kier molecular flexibility index (Phi) is 4.27. The fraction of sp³-hybridized carbons (Fsp3) is 0.500. The third kappa shape index (κ3) is 3.54. The van der Waals surface area contributed by atoms with Crippen LogP contribution in [0.25, 0.3) is 0 Å². The van der Waals surface area contributed by atoms with Crippen molar-refractivity contribution in [3.05, 3.63) is 24.3 Å². The van der Waals surface area contributed by atoms with Crippen molar-refractivity contribution in [1.82, 2.24) is 0 Å². The van der Waals surface area contributed by atoms with Gasteiger partial charge in [0.2, 0.25) is 0 Å². The second-order valence-electron chi connectivity index (χ2n) is 5.85. The van der Waals surface area contributed by atoms with Crippen LogP contribution in [0.5, 0.6) is 5.75 Å². The van der Waals surface area contributed by atoms with Crippen molar-refractivity contribution in [2.24, 2.45) is 11.3 Å². The highest BCUT2D eigenvalue weighted by molar-refractivity contribution is 7.87. The predicted molar refractivity (Wildman–Crippen MR) is 79.1 cm³/mol. The number of hydrogen-bond donors (Lipinski definition) is 1. The lowest BCUT2D eigenvalue weighted by atomic mass is 10.1. The first-order valence-corrected chi connectivity index (χ1v) is 8.32. The number of methoxy groups -OCH3 is 1. The number of benzene rings is 1. The molecule has 0 radical (unpaired) electrons. The van der Waals surface area contributed by atoms with E-state index in [0.717, 1.165) is 0 Å². The summed E-state index contributed by atoms with van der Waals surface area (Å²) in [4.78, 5) is 11.1. The summed E-state index contributed by atoms with van der Waals surface area (Å²) in [6.45, 7) is 2.63. The van der Waals surface area contributed by atoms with E-state index in [0.29, 0.717) is 0 Å². The Balaban J connectivity index is 2.07. The molecule has 1 unspecified atom stereocenters. The van der Waals surface area contributed by atoms with Gasteiger partial charge in [0, 0.05) is 17.2 Å². The van der Waals surface area contributed by atoms with Crippen molar-refractivity contribution in [3.8, 4) is 5.75 Å². The molecule has 1 aromatic rings. The summed E-state index contributed by atoms with van der Waals surface area (Å²) in [6, 6.07) is 5.54. The number of alkyl halides is 2. The molecule has 0 aliphatic heterocycles. The molecule has 1 aromatic carbocycles. The number of nitrogens with one attached hydrogen (secondary N) is 1. The first-order valence-electron chi connectivity index (χ1n) is 6.74. The van der Waals surface area contributed by atoms with Crippen LogP contribution in [0.4, 0.5) is 19.3 Å². The molecule has 1 amide bonds. The van der Waals surface area contributed by atoms with E-state index in [-0.39, 0.29) is 11.4 Å². The highest BCUT2D eigenvalue weighted by atomic mass is 32.2. The van der Waals surface area contributed by atoms with Gasteiger partial charge in [-0.3, -0.25) is 5.32 Å². The van der Waals surface area contributed by atoms with Gasteiger partial charge in [-0.05, 0) is 12.1 Å². The van der Waals surface area contributed by atoms with Crippen LogP contribution < -0.4 is 9.50 Å². The molecular weight excluding hydrogens is 332 g/mol. The van der Waals surface area contributed by atoms with Crippen molar-refractivity contribution in [2.75, 3.05) is 18.2 Å². The standard InChI is InChI=1S/C14H17F2NO5S/c1-13(2)11(14(13,15)16)8-23(19,20)22-10-6-4-5-9(7-10)17-12(18)21-3/h4-7,11H,8H2,1-3H3,(H,17,18). The van der Waals surface area contributed by atoms with Gasteiger partial charge in [-0.2, -0.15) is 8.42 Å². The minimum absolute atomic E-state index is 0.0827. The van der Waals surface area contributed by atoms with Crippen LogP contribution in [0.15, 0.2) is 24.3 Å². The molecule has 2 rings (SSSR count). The summed E-state index contributed by atoms with van der Waals surface area (Å²) in [7, 11) is -3.01. The Morgan fingerprint density at radius 2 is 1.96 bits per heavy atom. The van der Waals surface area contributed by atoms with Crippen molar-refractivity contribution in [1.29, 1.82) is 0 Å². The average molecular weight is 349 g/mol. The summed E-state index contributed by atoms with van der Waals surface area (Å²) >= 11 is 0. The molecular formula is C14H17F2NO5S. The van der Waals surface area contributed by atoms with E-state index < -0.39 is 39.2 Å². The molecule has 1 fully saturated rings. The van der Waals surface area contributed by atoms with E-state index in [9.17, 15) is 22.0 Å². The van der Waals surface area contributed by atoms with Gasteiger partial charge in [-0.25, -0.2) is 13.6 Å². The van der Waals surface area contributed by atoms with Gasteiger partial charge in [0.25, 0.3) is 5.92 Å². The van der Waals surface area contributed by atoms with Gasteiger partial charge in [0.15, 0.2) is 0 Å². The Labute approximate surface area is 132 Å². The fourth-order valence-electron chi connectivity index (χ4n) is 2.25. The fourth-order valence-corrected chi connectivity index (χ4v) is 3.75. The maximum atomic E-state index is 13.5. The van der Waals surface area contributed by atoms with Gasteiger partial charge >= 0.3 is 16.2 Å². The molecule has 0 heterocycles. The van der Waals surface area contributed by atoms with Gasteiger partial charge in [0.1, 0.15) is 5.75 Å². The maximum Gasteiger partial charge on any atom is 0.411 e. The van der Waals surface area contributed by atoms with E-state index >= 15 is 0 Å². The molecule has 0 spiro atoms. The van der Waals surface area contributed by atoms with Crippen molar-refractivity contribution < 1.29 is 30.9 Å². The first-order chi connectivity index (χ1) is 10.5. The summed E-state index contributed by atoms with van der Waals surface area (Å²) in [5.41, 5.74) is -1.11. The lowest BCUT2D eigenvalue weighted by molar-refractivity contribution is 0.0683. The van der Waals surface area contributed by atoms with E-state index in [1.54, 1.807) is 0 Å². The molecule has 0 saturated heterocycles. The molecule has 128 valence electrons. The number of rotatable bonds is 5. The highest BCUT2D eigenvalue weighted by Crippen LogP contribution is 2.65. The largest absolute Gasteiger partial charge is 0.453 e. The average Bonchev–Trinajstić information content (AvgIpc) is 2.80. The quantitative estimate of drug-likeness (QED) is 0.827. The second kappa shape index (κ2) is 5.63. The Bertz CT molecular complexity index is 704. The Morgan fingerprint density at radius 1 is 1.35 bits per heavy atom. The van der Waals surface area contributed by atoms with Crippen molar-refractivity contribution >= 4 is 21.9 Å². The van der Waals surface area contributed by atoms with Crippen LogP contribution in [0, 0.1) is 11.3 Å². The second-order valence-corrected chi connectivity index (χ2v) is 7.46. The van der Waals surface area contributed by atoms with Crippen LogP contribution in [0.2, 0.25) is 0 Å². The van der Waals surface area contributed by atoms with E-state index in [4.69, 9.17) is 4.18 Å². The van der Waals surface area contributed by atoms with Crippen LogP contribution in [0.3, 0.4) is 0 Å². The minimum Gasteiger partial charge on any atom is -0.453 e. The minimum atomic E-state index is -4.19. The van der Waals surface area contributed by atoms with E-state index in [1.807, 2.05) is 0 Å². The van der Waals surface area contributed by atoms with Crippen molar-refractivity contribution in [3.63, 3.8) is 0 Å². The zero-order valence-corrected chi connectivity index (χ0v) is 13.6. The number of halogens is 2. The Hall–Kier alpha value is -1.90. The monoisotopic (exact) mass is 349 g/mol. The lowest BCUT2D eigenvalue weighted by Gasteiger charge is -2.09. The molecule has 0 bridgehead atoms. The molecule has 23 heavy (non-hydrogen) atoms. The molecule has 1 aliphatic rings. The van der Waals surface area contributed by atoms with Crippen LogP contribution in [-0.4, -0.2) is 33.3 Å². The number of hydrogen-bond acceptors (Lipinski definition) is 5. The van der Waals surface area contributed by atoms with Gasteiger partial charge < -0.3 is 8.92 Å². The lowest BCUT2D eigenvalue weighted by Crippen LogP contribution is -2.18. The van der Waals surface area contributed by atoms with Gasteiger partial charge in [-0.1, -0.05) is 19.9 Å². The SMILES string of the molecule is COC(=O)Nc1cccc(OS(=O)(=O)CC2C(C)(C)C2(F)F)c1. The number of carbonyl (C=O) groups excluding carboxylic acids is 1. The maximum absolute atomic E-state index is 13.5. The first kappa shape index (κ1) is 17.5. The number of anilines is 1. The summed E-state index contributed by atoms with van der Waals surface area (Å²) in [5.74, 6) is -5.17. The highest BCUT2D eigenvalue weighted by Gasteiger charge is 2.75. The van der Waals surface area contributed by atoms with Crippen LogP contribution in [-0.2, 0) is 14.9 Å². The third-order valence-corrected chi connectivity index (χ3v) is 5.13. The number of amides is 1. The van der Waals surface area contributed by atoms with Gasteiger partial charge in [0.05, 0.1) is 18.8 Å². The molecule has 1 saturated carbocycles. The zero-order chi connectivity index (χ0) is 17.5. The van der Waals surface area contributed by atoms with E-state index in [2.05, 4.69) is 10.1 Å². The predicted octanol–water partition coefficient (Wildman–Crippen LogP) is 2.86. The summed E-state index contributed by atoms with van der Waals surface area (Å²) in [5, 5.41) is 2.34. The molecule has 1 N–H and O–H groups in total. The normalized spacial score (nSPS) is 21.3. The molecule has 9 heteroatoms. The summed E-state index contributed by atoms with van der Waals surface area (Å²) < 4.78 is 60.2. The van der Waals surface area contributed by atoms with Crippen LogP contribution >= 0.6 is 0 Å². The number of ether oxygens (including phenoxy) is 1.